The lowest BCUT2D eigenvalue weighted by Crippen LogP contribution is -1.80. The third-order valence-corrected chi connectivity index (χ3v) is 4.00. The van der Waals surface area contributed by atoms with Gasteiger partial charge in [0.25, 0.3) is 0 Å². The van der Waals surface area contributed by atoms with Gasteiger partial charge in [0, 0.05) is 21.9 Å². The SMILES string of the molecule is O=[N+]([O-])c1ccc(/C=C/c2ccc([N+](=O)[O-])s2)s1. The Bertz CT molecular complexity index is 575. The van der Waals surface area contributed by atoms with Gasteiger partial charge in [0.05, 0.1) is 9.85 Å². The highest BCUT2D eigenvalue weighted by molar-refractivity contribution is 7.17. The van der Waals surface area contributed by atoms with Crippen LogP contribution in [0.1, 0.15) is 9.75 Å². The van der Waals surface area contributed by atoms with Gasteiger partial charge in [-0.15, -0.1) is 0 Å². The fraction of sp³-hybridized carbons (Fsp3) is 0. The molecule has 0 aliphatic rings. The molecule has 0 N–H and O–H groups in total. The maximum absolute atomic E-state index is 10.5. The summed E-state index contributed by atoms with van der Waals surface area (Å²) in [6.45, 7) is 0. The van der Waals surface area contributed by atoms with Crippen LogP contribution >= 0.6 is 22.7 Å². The van der Waals surface area contributed by atoms with Gasteiger partial charge in [0.2, 0.25) is 0 Å². The van der Waals surface area contributed by atoms with Gasteiger partial charge in [0.1, 0.15) is 0 Å². The summed E-state index contributed by atoms with van der Waals surface area (Å²) >= 11 is 2.12. The molecule has 2 heterocycles. The van der Waals surface area contributed by atoms with Crippen molar-refractivity contribution >= 4 is 44.8 Å². The molecule has 0 saturated carbocycles. The predicted octanol–water partition coefficient (Wildman–Crippen LogP) is 3.80. The zero-order valence-electron chi connectivity index (χ0n) is 8.81. The monoisotopic (exact) mass is 282 g/mol. The van der Waals surface area contributed by atoms with Gasteiger partial charge in [0.15, 0.2) is 0 Å². The van der Waals surface area contributed by atoms with Crippen molar-refractivity contribution in [3.63, 3.8) is 0 Å². The summed E-state index contributed by atoms with van der Waals surface area (Å²) in [6.07, 6.45) is 3.40. The lowest BCUT2D eigenvalue weighted by molar-refractivity contribution is -0.380. The third kappa shape index (κ3) is 2.79. The molecule has 2 aromatic heterocycles. The Kier molecular flexibility index (Phi) is 3.49. The molecule has 0 unspecified atom stereocenters. The Balaban J connectivity index is 2.13. The summed E-state index contributed by atoms with van der Waals surface area (Å²) < 4.78 is 0. The van der Waals surface area contributed by atoms with E-state index < -0.39 is 9.85 Å². The molecule has 0 fully saturated rings. The molecule has 0 aliphatic carbocycles. The fourth-order valence-electron chi connectivity index (χ4n) is 1.22. The number of hydrogen-bond acceptors (Lipinski definition) is 6. The van der Waals surface area contributed by atoms with E-state index in [4.69, 9.17) is 0 Å². The number of hydrogen-bond donors (Lipinski definition) is 0. The van der Waals surface area contributed by atoms with Crippen LogP contribution < -0.4 is 0 Å². The van der Waals surface area contributed by atoms with E-state index in [-0.39, 0.29) is 10.0 Å². The summed E-state index contributed by atoms with van der Waals surface area (Å²) in [5.41, 5.74) is 0. The van der Waals surface area contributed by atoms with Crippen LogP contribution in [-0.4, -0.2) is 9.85 Å². The van der Waals surface area contributed by atoms with Gasteiger partial charge in [-0.2, -0.15) is 0 Å². The van der Waals surface area contributed by atoms with Gasteiger partial charge >= 0.3 is 10.0 Å². The van der Waals surface area contributed by atoms with E-state index in [9.17, 15) is 20.2 Å². The van der Waals surface area contributed by atoms with E-state index in [1.807, 2.05) is 0 Å². The molecule has 0 aliphatic heterocycles. The van der Waals surface area contributed by atoms with Gasteiger partial charge in [-0.05, 0) is 24.3 Å². The van der Waals surface area contributed by atoms with Crippen molar-refractivity contribution in [1.82, 2.24) is 0 Å². The fourth-order valence-corrected chi connectivity index (χ4v) is 2.67. The smallest absolute Gasteiger partial charge is 0.258 e. The van der Waals surface area contributed by atoms with Gasteiger partial charge in [-0.3, -0.25) is 20.2 Å². The molecule has 2 aromatic rings. The first-order valence-corrected chi connectivity index (χ1v) is 6.36. The summed E-state index contributed by atoms with van der Waals surface area (Å²) in [4.78, 5) is 21.5. The molecule has 18 heavy (non-hydrogen) atoms. The van der Waals surface area contributed by atoms with E-state index in [1.54, 1.807) is 24.3 Å². The average molecular weight is 282 g/mol. The Morgan fingerprint density at radius 2 is 1.22 bits per heavy atom. The van der Waals surface area contributed by atoms with Crippen molar-refractivity contribution in [3.05, 3.63) is 54.2 Å². The standard InChI is InChI=1S/C10H6N2O4S2/c13-11(14)9-5-3-7(17-9)1-2-8-4-6-10(18-8)12(15)16/h1-6H/b2-1+. The maximum Gasteiger partial charge on any atom is 0.324 e. The average Bonchev–Trinajstić information content (AvgIpc) is 2.95. The zero-order valence-corrected chi connectivity index (χ0v) is 10.4. The van der Waals surface area contributed by atoms with Crippen LogP contribution in [0.3, 0.4) is 0 Å². The molecule has 0 atom stereocenters. The van der Waals surface area contributed by atoms with E-state index >= 15 is 0 Å². The van der Waals surface area contributed by atoms with Crippen LogP contribution in [0.5, 0.6) is 0 Å². The highest BCUT2D eigenvalue weighted by Gasteiger charge is 2.09. The number of nitro groups is 2. The van der Waals surface area contributed by atoms with Gasteiger partial charge in [-0.25, -0.2) is 0 Å². The molecule has 6 nitrogen and oxygen atoms in total. The van der Waals surface area contributed by atoms with Crippen LogP contribution in [0.2, 0.25) is 0 Å². The third-order valence-electron chi connectivity index (χ3n) is 2.00. The highest BCUT2D eigenvalue weighted by Crippen LogP contribution is 2.28. The predicted molar refractivity (Wildman–Crippen MR) is 70.9 cm³/mol. The minimum atomic E-state index is -0.446. The maximum atomic E-state index is 10.5. The summed E-state index contributed by atoms with van der Waals surface area (Å²) in [5.74, 6) is 0. The molecular formula is C10H6N2O4S2. The first kappa shape index (κ1) is 12.4. The normalized spacial score (nSPS) is 10.9. The molecule has 0 bridgehead atoms. The summed E-state index contributed by atoms with van der Waals surface area (Å²) in [7, 11) is 0. The Morgan fingerprint density at radius 3 is 1.50 bits per heavy atom. The number of rotatable bonds is 4. The lowest BCUT2D eigenvalue weighted by atomic mass is 10.3. The van der Waals surface area contributed by atoms with Crippen molar-refractivity contribution in [2.75, 3.05) is 0 Å². The Hall–Kier alpha value is -2.06. The van der Waals surface area contributed by atoms with E-state index in [0.717, 1.165) is 32.4 Å². The van der Waals surface area contributed by atoms with E-state index in [1.165, 1.54) is 12.1 Å². The van der Waals surface area contributed by atoms with E-state index in [0.29, 0.717) is 0 Å². The molecule has 92 valence electrons. The Morgan fingerprint density at radius 1 is 0.833 bits per heavy atom. The van der Waals surface area contributed by atoms with Gasteiger partial charge in [-0.1, -0.05) is 22.7 Å². The van der Waals surface area contributed by atoms with Gasteiger partial charge < -0.3 is 0 Å². The van der Waals surface area contributed by atoms with Crippen LogP contribution in [-0.2, 0) is 0 Å². The second-order valence-corrected chi connectivity index (χ2v) is 5.39. The topological polar surface area (TPSA) is 86.3 Å². The minimum absolute atomic E-state index is 0.0758. The largest absolute Gasteiger partial charge is 0.324 e. The van der Waals surface area contributed by atoms with Crippen LogP contribution in [0.4, 0.5) is 10.0 Å². The van der Waals surface area contributed by atoms with Crippen molar-refractivity contribution in [1.29, 1.82) is 0 Å². The van der Waals surface area contributed by atoms with Crippen molar-refractivity contribution in [3.8, 4) is 0 Å². The number of thiophene rings is 2. The van der Waals surface area contributed by atoms with Crippen molar-refractivity contribution in [2.45, 2.75) is 0 Å². The molecule has 0 amide bonds. The molecular weight excluding hydrogens is 276 g/mol. The van der Waals surface area contributed by atoms with Crippen LogP contribution in [0.25, 0.3) is 12.2 Å². The van der Waals surface area contributed by atoms with E-state index in [2.05, 4.69) is 0 Å². The first-order chi connectivity index (χ1) is 8.56. The minimum Gasteiger partial charge on any atom is -0.258 e. The molecule has 0 spiro atoms. The number of nitrogens with zero attached hydrogens (tertiary/aromatic N) is 2. The van der Waals surface area contributed by atoms with Crippen molar-refractivity contribution < 1.29 is 9.85 Å². The molecule has 2 rings (SSSR count). The van der Waals surface area contributed by atoms with Crippen molar-refractivity contribution in [2.24, 2.45) is 0 Å². The quantitative estimate of drug-likeness (QED) is 0.630. The van der Waals surface area contributed by atoms with Crippen LogP contribution in [0, 0.1) is 20.2 Å². The molecule has 8 heteroatoms. The summed E-state index contributed by atoms with van der Waals surface area (Å²) in [6, 6.07) is 6.14. The zero-order chi connectivity index (χ0) is 13.1. The Labute approximate surface area is 109 Å². The van der Waals surface area contributed by atoms with Crippen LogP contribution in [0.15, 0.2) is 24.3 Å². The second-order valence-electron chi connectivity index (χ2n) is 3.20. The highest BCUT2D eigenvalue weighted by atomic mass is 32.1. The lowest BCUT2D eigenvalue weighted by Gasteiger charge is -1.83. The molecule has 0 radical (unpaired) electrons. The second kappa shape index (κ2) is 5.07. The molecule has 0 saturated heterocycles. The molecule has 0 aromatic carbocycles. The first-order valence-electron chi connectivity index (χ1n) is 4.73. The summed E-state index contributed by atoms with van der Waals surface area (Å²) in [5, 5.41) is 21.1.